The van der Waals surface area contributed by atoms with E-state index in [2.05, 4.69) is 5.32 Å². The van der Waals surface area contributed by atoms with Gasteiger partial charge in [-0.15, -0.1) is 0 Å². The Morgan fingerprint density at radius 1 is 1.43 bits per heavy atom. The van der Waals surface area contributed by atoms with Gasteiger partial charge in [-0.3, -0.25) is 4.79 Å². The summed E-state index contributed by atoms with van der Waals surface area (Å²) in [6, 6.07) is 6.03. The largest absolute Gasteiger partial charge is 0.496 e. The second-order valence-corrected chi connectivity index (χ2v) is 6.26. The molecular formula is C16H21ClN2O2. The summed E-state index contributed by atoms with van der Waals surface area (Å²) >= 11 is 5.98. The minimum absolute atomic E-state index is 0.0553. The third-order valence-corrected chi connectivity index (χ3v) is 4.46. The van der Waals surface area contributed by atoms with E-state index >= 15 is 0 Å². The van der Waals surface area contributed by atoms with E-state index < -0.39 is 0 Å². The number of amides is 1. The molecular weight excluding hydrogens is 288 g/mol. The number of rotatable bonds is 5. The lowest BCUT2D eigenvalue weighted by Gasteiger charge is -2.26. The van der Waals surface area contributed by atoms with Gasteiger partial charge in [0, 0.05) is 23.7 Å². The quantitative estimate of drug-likeness (QED) is 0.909. The lowest BCUT2D eigenvalue weighted by molar-refractivity contribution is 0.0725. The van der Waals surface area contributed by atoms with Crippen LogP contribution < -0.4 is 10.1 Å². The van der Waals surface area contributed by atoms with E-state index in [1.54, 1.807) is 25.3 Å². The molecule has 21 heavy (non-hydrogen) atoms. The predicted octanol–water partition coefficient (Wildman–Crippen LogP) is 2.71. The van der Waals surface area contributed by atoms with Crippen LogP contribution in [0.2, 0.25) is 5.02 Å². The number of methoxy groups -OCH3 is 1. The average Bonchev–Trinajstić information content (AvgIpc) is 3.20. The van der Waals surface area contributed by atoms with Gasteiger partial charge in [0.05, 0.1) is 12.7 Å². The number of carbonyl (C=O) groups excluding carboxylic acids is 1. The summed E-state index contributed by atoms with van der Waals surface area (Å²) in [5.41, 5.74) is 0.604. The number of nitrogens with zero attached hydrogens (tertiary/aromatic N) is 1. The topological polar surface area (TPSA) is 41.6 Å². The molecule has 2 aliphatic rings. The Morgan fingerprint density at radius 2 is 2.24 bits per heavy atom. The highest BCUT2D eigenvalue weighted by atomic mass is 35.5. The molecule has 1 aromatic rings. The van der Waals surface area contributed by atoms with Crippen LogP contribution >= 0.6 is 11.6 Å². The van der Waals surface area contributed by atoms with Crippen LogP contribution in [0.3, 0.4) is 0 Å². The number of hydrogen-bond donors (Lipinski definition) is 1. The Hall–Kier alpha value is -1.26. The van der Waals surface area contributed by atoms with Crippen LogP contribution in [0.15, 0.2) is 18.2 Å². The van der Waals surface area contributed by atoms with Gasteiger partial charge in [-0.2, -0.15) is 0 Å². The fraction of sp³-hybridized carbons (Fsp3) is 0.562. The molecule has 1 heterocycles. The first-order valence-corrected chi connectivity index (χ1v) is 7.94. The van der Waals surface area contributed by atoms with Gasteiger partial charge in [-0.25, -0.2) is 0 Å². The van der Waals surface area contributed by atoms with E-state index in [0.717, 1.165) is 32.4 Å². The molecule has 0 radical (unpaired) electrons. The van der Waals surface area contributed by atoms with Crippen molar-refractivity contribution in [2.24, 2.45) is 0 Å². The van der Waals surface area contributed by atoms with Crippen molar-refractivity contribution in [3.8, 4) is 5.75 Å². The Labute approximate surface area is 130 Å². The molecule has 2 fully saturated rings. The molecule has 3 rings (SSSR count). The maximum atomic E-state index is 12.9. The minimum atomic E-state index is 0.0553. The van der Waals surface area contributed by atoms with Crippen molar-refractivity contribution in [3.05, 3.63) is 28.8 Å². The van der Waals surface area contributed by atoms with Crippen LogP contribution in [0, 0.1) is 0 Å². The monoisotopic (exact) mass is 308 g/mol. The molecule has 0 bridgehead atoms. The summed E-state index contributed by atoms with van der Waals surface area (Å²) in [6.07, 6.45) is 4.55. The van der Waals surface area contributed by atoms with E-state index in [1.165, 1.54) is 6.42 Å². The summed E-state index contributed by atoms with van der Waals surface area (Å²) in [5.74, 6) is 0.609. The molecule has 0 spiro atoms. The number of halogens is 1. The van der Waals surface area contributed by atoms with Crippen molar-refractivity contribution < 1.29 is 9.53 Å². The van der Waals surface area contributed by atoms with Crippen LogP contribution in [0.5, 0.6) is 5.75 Å². The second kappa shape index (κ2) is 6.24. The molecule has 5 heteroatoms. The van der Waals surface area contributed by atoms with Crippen molar-refractivity contribution in [1.29, 1.82) is 0 Å². The normalized spacial score (nSPS) is 21.3. The third kappa shape index (κ3) is 3.33. The minimum Gasteiger partial charge on any atom is -0.496 e. The standard InChI is InChI=1S/C16H21ClN2O2/c1-21-15-9-11(17)4-7-14(15)16(20)19(13-5-6-13)10-12-3-2-8-18-12/h4,7,9,12-13,18H,2-3,5-6,8,10H2,1H3. The van der Waals surface area contributed by atoms with Crippen LogP contribution in [-0.4, -0.2) is 43.1 Å². The molecule has 114 valence electrons. The predicted molar refractivity (Wildman–Crippen MR) is 83.1 cm³/mol. The van der Waals surface area contributed by atoms with Gasteiger partial charge < -0.3 is 15.0 Å². The fourth-order valence-corrected chi connectivity index (χ4v) is 3.09. The average molecular weight is 309 g/mol. The SMILES string of the molecule is COc1cc(Cl)ccc1C(=O)N(CC1CCCN1)C1CC1. The van der Waals surface area contributed by atoms with Gasteiger partial charge in [-0.05, 0) is 50.4 Å². The molecule has 1 N–H and O–H groups in total. The summed E-state index contributed by atoms with van der Waals surface area (Å²) < 4.78 is 5.32. The van der Waals surface area contributed by atoms with E-state index in [0.29, 0.717) is 28.4 Å². The van der Waals surface area contributed by atoms with Crippen LogP contribution in [0.1, 0.15) is 36.0 Å². The van der Waals surface area contributed by atoms with E-state index in [-0.39, 0.29) is 5.91 Å². The van der Waals surface area contributed by atoms with Gasteiger partial charge in [-0.1, -0.05) is 11.6 Å². The molecule has 1 unspecified atom stereocenters. The second-order valence-electron chi connectivity index (χ2n) is 5.83. The molecule has 4 nitrogen and oxygen atoms in total. The zero-order valence-electron chi connectivity index (χ0n) is 12.3. The Balaban J connectivity index is 1.80. The Kier molecular flexibility index (Phi) is 4.36. The first kappa shape index (κ1) is 14.7. The Bertz CT molecular complexity index is 525. The molecule has 1 aliphatic carbocycles. The van der Waals surface area contributed by atoms with Gasteiger partial charge in [0.25, 0.3) is 5.91 Å². The molecule has 0 aromatic heterocycles. The maximum absolute atomic E-state index is 12.9. The Morgan fingerprint density at radius 3 is 2.86 bits per heavy atom. The highest BCUT2D eigenvalue weighted by Gasteiger charge is 2.35. The first-order chi connectivity index (χ1) is 10.2. The highest BCUT2D eigenvalue weighted by molar-refractivity contribution is 6.30. The molecule has 1 atom stereocenters. The first-order valence-electron chi connectivity index (χ1n) is 7.57. The molecule has 1 amide bonds. The van der Waals surface area contributed by atoms with Gasteiger partial charge >= 0.3 is 0 Å². The number of benzene rings is 1. The number of hydrogen-bond acceptors (Lipinski definition) is 3. The number of carbonyl (C=O) groups is 1. The summed E-state index contributed by atoms with van der Waals surface area (Å²) in [6.45, 7) is 1.84. The van der Waals surface area contributed by atoms with Crippen LogP contribution in [-0.2, 0) is 0 Å². The number of ether oxygens (including phenoxy) is 1. The van der Waals surface area contributed by atoms with Crippen molar-refractivity contribution in [2.45, 2.75) is 37.8 Å². The van der Waals surface area contributed by atoms with E-state index in [9.17, 15) is 4.79 Å². The number of nitrogens with one attached hydrogen (secondary N) is 1. The van der Waals surface area contributed by atoms with Crippen LogP contribution in [0.4, 0.5) is 0 Å². The summed E-state index contributed by atoms with van der Waals surface area (Å²) in [5, 5.41) is 4.05. The zero-order valence-corrected chi connectivity index (χ0v) is 13.0. The zero-order chi connectivity index (χ0) is 14.8. The highest BCUT2D eigenvalue weighted by Crippen LogP contribution is 2.32. The van der Waals surface area contributed by atoms with Crippen LogP contribution in [0.25, 0.3) is 0 Å². The summed E-state index contributed by atoms with van der Waals surface area (Å²) in [4.78, 5) is 14.9. The van der Waals surface area contributed by atoms with Crippen molar-refractivity contribution in [2.75, 3.05) is 20.2 Å². The van der Waals surface area contributed by atoms with Crippen molar-refractivity contribution in [1.82, 2.24) is 10.2 Å². The maximum Gasteiger partial charge on any atom is 0.257 e. The molecule has 1 aliphatic heterocycles. The lowest BCUT2D eigenvalue weighted by Crippen LogP contribution is -2.42. The van der Waals surface area contributed by atoms with Crippen molar-refractivity contribution in [3.63, 3.8) is 0 Å². The summed E-state index contributed by atoms with van der Waals surface area (Å²) in [7, 11) is 1.57. The van der Waals surface area contributed by atoms with E-state index in [1.807, 2.05) is 4.90 Å². The molecule has 1 aromatic carbocycles. The third-order valence-electron chi connectivity index (χ3n) is 4.22. The fourth-order valence-electron chi connectivity index (χ4n) is 2.93. The smallest absolute Gasteiger partial charge is 0.257 e. The lowest BCUT2D eigenvalue weighted by atomic mass is 10.1. The van der Waals surface area contributed by atoms with Crippen molar-refractivity contribution >= 4 is 17.5 Å². The van der Waals surface area contributed by atoms with E-state index in [4.69, 9.17) is 16.3 Å². The van der Waals surface area contributed by atoms with Gasteiger partial charge in [0.1, 0.15) is 5.75 Å². The molecule has 1 saturated heterocycles. The van der Waals surface area contributed by atoms with Gasteiger partial charge in [0.15, 0.2) is 0 Å². The molecule has 1 saturated carbocycles. The van der Waals surface area contributed by atoms with Gasteiger partial charge in [0.2, 0.25) is 0 Å².